The molecule has 1 aromatic carbocycles. The molecule has 0 unspecified atom stereocenters. The molecule has 2 N–H and O–H groups in total. The first-order chi connectivity index (χ1) is 8.52. The standard InChI is InChI=1S/C12H11BrFN3S/c1-7-2-11(15)17-12(16-7)18-6-8-3-9(13)5-10(14)4-8/h2-5H,6H2,1H3,(H2,15,16,17). The van der Waals surface area contributed by atoms with Gasteiger partial charge in [0.2, 0.25) is 0 Å². The Hall–Kier alpha value is -1.14. The maximum atomic E-state index is 13.2. The van der Waals surface area contributed by atoms with Gasteiger partial charge in [-0.3, -0.25) is 0 Å². The maximum absolute atomic E-state index is 13.2. The Morgan fingerprint density at radius 1 is 1.28 bits per heavy atom. The topological polar surface area (TPSA) is 51.8 Å². The van der Waals surface area contributed by atoms with Crippen LogP contribution < -0.4 is 5.73 Å². The molecule has 0 fully saturated rings. The summed E-state index contributed by atoms with van der Waals surface area (Å²) in [6.07, 6.45) is 0. The van der Waals surface area contributed by atoms with Gasteiger partial charge >= 0.3 is 0 Å². The quantitative estimate of drug-likeness (QED) is 0.691. The molecule has 0 aliphatic heterocycles. The van der Waals surface area contributed by atoms with Crippen LogP contribution in [-0.4, -0.2) is 9.97 Å². The zero-order valence-corrected chi connectivity index (χ0v) is 12.1. The monoisotopic (exact) mass is 327 g/mol. The lowest BCUT2D eigenvalue weighted by molar-refractivity contribution is 0.625. The number of aromatic nitrogens is 2. The van der Waals surface area contributed by atoms with Crippen LogP contribution in [0, 0.1) is 12.7 Å². The van der Waals surface area contributed by atoms with Gasteiger partial charge in [-0.05, 0) is 30.7 Å². The summed E-state index contributed by atoms with van der Waals surface area (Å²) in [5, 5.41) is 0.605. The van der Waals surface area contributed by atoms with Gasteiger partial charge in [0, 0.05) is 22.0 Å². The van der Waals surface area contributed by atoms with Crippen LogP contribution in [0.3, 0.4) is 0 Å². The van der Waals surface area contributed by atoms with E-state index in [4.69, 9.17) is 5.73 Å². The fraction of sp³-hybridized carbons (Fsp3) is 0.167. The molecule has 0 saturated heterocycles. The number of nitrogen functional groups attached to an aromatic ring is 1. The van der Waals surface area contributed by atoms with Crippen molar-refractivity contribution in [1.29, 1.82) is 0 Å². The normalized spacial score (nSPS) is 10.6. The first-order valence-corrected chi connectivity index (χ1v) is 7.00. The molecule has 18 heavy (non-hydrogen) atoms. The molecule has 94 valence electrons. The smallest absolute Gasteiger partial charge is 0.190 e. The zero-order chi connectivity index (χ0) is 13.1. The molecule has 6 heteroatoms. The summed E-state index contributed by atoms with van der Waals surface area (Å²) in [6, 6.07) is 6.50. The van der Waals surface area contributed by atoms with Crippen molar-refractivity contribution in [2.45, 2.75) is 17.8 Å². The SMILES string of the molecule is Cc1cc(N)nc(SCc2cc(F)cc(Br)c2)n1. The summed E-state index contributed by atoms with van der Waals surface area (Å²) >= 11 is 4.69. The Balaban J connectivity index is 2.11. The molecule has 3 nitrogen and oxygen atoms in total. The van der Waals surface area contributed by atoms with E-state index in [1.807, 2.05) is 13.0 Å². The predicted octanol–water partition coefficient (Wildman–Crippen LogP) is 3.56. The number of hydrogen-bond acceptors (Lipinski definition) is 4. The first-order valence-electron chi connectivity index (χ1n) is 5.22. The van der Waals surface area contributed by atoms with Crippen molar-refractivity contribution in [2.75, 3.05) is 5.73 Å². The average Bonchev–Trinajstić information content (AvgIpc) is 2.23. The fourth-order valence-electron chi connectivity index (χ4n) is 1.47. The molecule has 0 aliphatic carbocycles. The number of benzene rings is 1. The van der Waals surface area contributed by atoms with Crippen LogP contribution in [0.1, 0.15) is 11.3 Å². The molecule has 2 aromatic rings. The van der Waals surface area contributed by atoms with Crippen molar-refractivity contribution in [3.05, 3.63) is 45.8 Å². The molecular formula is C12H11BrFN3S. The minimum absolute atomic E-state index is 0.260. The highest BCUT2D eigenvalue weighted by molar-refractivity contribution is 9.10. The van der Waals surface area contributed by atoms with E-state index in [9.17, 15) is 4.39 Å². The minimum Gasteiger partial charge on any atom is -0.384 e. The van der Waals surface area contributed by atoms with E-state index < -0.39 is 0 Å². The maximum Gasteiger partial charge on any atom is 0.190 e. The number of halogens is 2. The molecular weight excluding hydrogens is 317 g/mol. The largest absolute Gasteiger partial charge is 0.384 e. The highest BCUT2D eigenvalue weighted by Gasteiger charge is 2.04. The zero-order valence-electron chi connectivity index (χ0n) is 9.65. The summed E-state index contributed by atoms with van der Waals surface area (Å²) in [6.45, 7) is 1.86. The Labute approximate surface area is 117 Å². The summed E-state index contributed by atoms with van der Waals surface area (Å²) in [4.78, 5) is 8.38. The Morgan fingerprint density at radius 3 is 2.72 bits per heavy atom. The summed E-state index contributed by atoms with van der Waals surface area (Å²) in [5.74, 6) is 0.786. The van der Waals surface area contributed by atoms with Gasteiger partial charge in [0.05, 0.1) is 0 Å². The van der Waals surface area contributed by atoms with Crippen LogP contribution in [0.5, 0.6) is 0 Å². The van der Waals surface area contributed by atoms with Gasteiger partial charge in [0.15, 0.2) is 5.16 Å². The first kappa shape index (κ1) is 13.3. The molecule has 0 spiro atoms. The number of rotatable bonds is 3. The molecule has 2 rings (SSSR count). The minimum atomic E-state index is -0.260. The lowest BCUT2D eigenvalue weighted by Crippen LogP contribution is -1.96. The molecule has 1 aromatic heterocycles. The molecule has 0 radical (unpaired) electrons. The van der Waals surface area contributed by atoms with Crippen molar-refractivity contribution in [2.24, 2.45) is 0 Å². The van der Waals surface area contributed by atoms with Crippen molar-refractivity contribution in [3.63, 3.8) is 0 Å². The van der Waals surface area contributed by atoms with Crippen molar-refractivity contribution >= 4 is 33.5 Å². The number of nitrogens with zero attached hydrogens (tertiary/aromatic N) is 2. The Kier molecular flexibility index (Phi) is 4.19. The van der Waals surface area contributed by atoms with Gasteiger partial charge in [0.25, 0.3) is 0 Å². The lowest BCUT2D eigenvalue weighted by Gasteiger charge is -2.04. The molecule has 0 bridgehead atoms. The molecule has 1 heterocycles. The summed E-state index contributed by atoms with van der Waals surface area (Å²) in [7, 11) is 0. The van der Waals surface area contributed by atoms with Crippen LogP contribution in [-0.2, 0) is 5.75 Å². The van der Waals surface area contributed by atoms with Crippen molar-refractivity contribution < 1.29 is 4.39 Å². The van der Waals surface area contributed by atoms with E-state index >= 15 is 0 Å². The average molecular weight is 328 g/mol. The van der Waals surface area contributed by atoms with E-state index in [2.05, 4.69) is 25.9 Å². The molecule has 0 atom stereocenters. The van der Waals surface area contributed by atoms with Gasteiger partial charge in [0.1, 0.15) is 11.6 Å². The van der Waals surface area contributed by atoms with Gasteiger partial charge in [-0.1, -0.05) is 27.7 Å². The van der Waals surface area contributed by atoms with E-state index in [0.29, 0.717) is 16.7 Å². The van der Waals surface area contributed by atoms with E-state index in [-0.39, 0.29) is 5.82 Å². The summed E-state index contributed by atoms with van der Waals surface area (Å²) in [5.41, 5.74) is 7.34. The second-order valence-electron chi connectivity index (χ2n) is 3.78. The lowest BCUT2D eigenvalue weighted by atomic mass is 10.2. The van der Waals surface area contributed by atoms with Crippen LogP contribution in [0.15, 0.2) is 33.9 Å². The third-order valence-electron chi connectivity index (χ3n) is 2.14. The predicted molar refractivity (Wildman–Crippen MR) is 74.8 cm³/mol. The van der Waals surface area contributed by atoms with Crippen LogP contribution in [0.25, 0.3) is 0 Å². The Morgan fingerprint density at radius 2 is 2.06 bits per heavy atom. The molecule has 0 aliphatic rings. The fourth-order valence-corrected chi connectivity index (χ4v) is 2.83. The summed E-state index contributed by atoms with van der Waals surface area (Å²) < 4.78 is 13.9. The van der Waals surface area contributed by atoms with E-state index in [0.717, 1.165) is 15.7 Å². The second-order valence-corrected chi connectivity index (χ2v) is 5.64. The number of hydrogen-bond donors (Lipinski definition) is 1. The Bertz CT molecular complexity index is 485. The highest BCUT2D eigenvalue weighted by atomic mass is 79.9. The van der Waals surface area contributed by atoms with Crippen molar-refractivity contribution in [3.8, 4) is 0 Å². The van der Waals surface area contributed by atoms with Crippen LogP contribution >= 0.6 is 27.7 Å². The van der Waals surface area contributed by atoms with E-state index in [1.165, 1.54) is 23.9 Å². The number of nitrogens with two attached hydrogens (primary N) is 1. The van der Waals surface area contributed by atoms with Gasteiger partial charge < -0.3 is 5.73 Å². The van der Waals surface area contributed by atoms with Crippen LogP contribution in [0.2, 0.25) is 0 Å². The number of thioether (sulfide) groups is 1. The third kappa shape index (κ3) is 3.68. The second kappa shape index (κ2) is 5.67. The van der Waals surface area contributed by atoms with E-state index in [1.54, 1.807) is 6.07 Å². The van der Waals surface area contributed by atoms with Gasteiger partial charge in [-0.25, -0.2) is 14.4 Å². The molecule has 0 saturated carbocycles. The van der Waals surface area contributed by atoms with Crippen LogP contribution in [0.4, 0.5) is 10.2 Å². The van der Waals surface area contributed by atoms with Gasteiger partial charge in [-0.2, -0.15) is 0 Å². The highest BCUT2D eigenvalue weighted by Crippen LogP contribution is 2.23. The number of anilines is 1. The number of aryl methyl sites for hydroxylation is 1. The third-order valence-corrected chi connectivity index (χ3v) is 3.52. The van der Waals surface area contributed by atoms with Crippen molar-refractivity contribution in [1.82, 2.24) is 9.97 Å². The molecule has 0 amide bonds. The van der Waals surface area contributed by atoms with Gasteiger partial charge in [-0.15, -0.1) is 0 Å².